The van der Waals surface area contributed by atoms with Crippen molar-refractivity contribution in [3.63, 3.8) is 0 Å². The molecule has 0 aliphatic heterocycles. The average molecular weight is 225 g/mol. The molecule has 0 atom stereocenters. The average Bonchev–Trinajstić information content (AvgIpc) is 2.57. The molecule has 0 saturated heterocycles. The number of hydrogen-bond acceptors (Lipinski definition) is 4. The highest BCUT2D eigenvalue weighted by molar-refractivity contribution is 5.88. The Morgan fingerprint density at radius 2 is 2.25 bits per heavy atom. The fraction of sp³-hybridized carbons (Fsp3) is 0.636. The largest absolute Gasteiger partial charge is 0.464 e. The number of likely N-dealkylation sites (N-methyl/N-ethyl adjacent to an activating group) is 1. The maximum Gasteiger partial charge on any atom is 0.358 e. The van der Waals surface area contributed by atoms with Crippen molar-refractivity contribution in [3.8, 4) is 0 Å². The summed E-state index contributed by atoms with van der Waals surface area (Å²) < 4.78 is 6.34. The van der Waals surface area contributed by atoms with Gasteiger partial charge in [-0.2, -0.15) is 5.10 Å². The van der Waals surface area contributed by atoms with Crippen LogP contribution in [0.15, 0.2) is 6.20 Å². The lowest BCUT2D eigenvalue weighted by Crippen LogP contribution is -2.38. The van der Waals surface area contributed by atoms with E-state index < -0.39 is 0 Å². The van der Waals surface area contributed by atoms with E-state index in [0.29, 0.717) is 5.69 Å². The van der Waals surface area contributed by atoms with Crippen LogP contribution >= 0.6 is 0 Å². The minimum atomic E-state index is -0.387. The molecule has 0 radical (unpaired) electrons. The Balaban J connectivity index is 3.00. The first kappa shape index (κ1) is 12.7. The van der Waals surface area contributed by atoms with Crippen molar-refractivity contribution in [1.82, 2.24) is 15.1 Å². The minimum absolute atomic E-state index is 0.0776. The molecular weight excluding hydrogens is 206 g/mol. The van der Waals surface area contributed by atoms with Crippen molar-refractivity contribution in [3.05, 3.63) is 17.5 Å². The number of hydrogen-bond donors (Lipinski definition) is 1. The highest BCUT2D eigenvalue weighted by Gasteiger charge is 2.23. The summed E-state index contributed by atoms with van der Waals surface area (Å²) in [5.74, 6) is -0.387. The highest BCUT2D eigenvalue weighted by Crippen LogP contribution is 2.16. The number of carbonyl (C=O) groups excluding carboxylic acids is 1. The van der Waals surface area contributed by atoms with Crippen LogP contribution in [0.1, 0.15) is 29.9 Å². The van der Waals surface area contributed by atoms with Gasteiger partial charge in [0, 0.05) is 24.3 Å². The molecule has 1 N–H and O–H groups in total. The first-order valence-corrected chi connectivity index (χ1v) is 5.19. The summed E-state index contributed by atoms with van der Waals surface area (Å²) in [5, 5.41) is 7.31. The lowest BCUT2D eigenvalue weighted by atomic mass is 9.95. The van der Waals surface area contributed by atoms with Crippen LogP contribution < -0.4 is 5.32 Å². The lowest BCUT2D eigenvalue weighted by molar-refractivity contribution is 0.0591. The number of aryl methyl sites for hydroxylation is 1. The Morgan fingerprint density at radius 3 is 2.75 bits per heavy atom. The molecule has 0 amide bonds. The molecule has 5 heteroatoms. The number of nitrogens with zero attached hydrogens (tertiary/aromatic N) is 2. The maximum absolute atomic E-state index is 11.5. The molecule has 0 aromatic carbocycles. The van der Waals surface area contributed by atoms with Crippen LogP contribution in [-0.2, 0) is 18.2 Å². The minimum Gasteiger partial charge on any atom is -0.464 e. The Labute approximate surface area is 95.8 Å². The van der Waals surface area contributed by atoms with Gasteiger partial charge in [-0.3, -0.25) is 4.68 Å². The van der Waals surface area contributed by atoms with E-state index in [1.54, 1.807) is 11.7 Å². The second-order valence-corrected chi connectivity index (χ2v) is 4.48. The van der Waals surface area contributed by atoms with Gasteiger partial charge in [-0.1, -0.05) is 0 Å². The zero-order chi connectivity index (χ0) is 12.3. The summed E-state index contributed by atoms with van der Waals surface area (Å²) in [6, 6.07) is 0. The molecular formula is C11H19N3O2. The highest BCUT2D eigenvalue weighted by atomic mass is 16.5. The van der Waals surface area contributed by atoms with Crippen molar-refractivity contribution in [2.24, 2.45) is 7.05 Å². The maximum atomic E-state index is 11.5. The van der Waals surface area contributed by atoms with E-state index in [9.17, 15) is 4.79 Å². The molecule has 0 saturated carbocycles. The SMILES string of the molecule is CNC(C)(C)Cc1cn(C)nc1C(=O)OC. The molecule has 1 rings (SSSR count). The molecule has 90 valence electrons. The summed E-state index contributed by atoms with van der Waals surface area (Å²) in [6.07, 6.45) is 2.58. The third-order valence-corrected chi connectivity index (χ3v) is 2.59. The van der Waals surface area contributed by atoms with E-state index in [4.69, 9.17) is 4.74 Å². The van der Waals surface area contributed by atoms with Crippen LogP contribution in [-0.4, -0.2) is 35.4 Å². The molecule has 1 heterocycles. The van der Waals surface area contributed by atoms with Crippen LogP contribution in [0.4, 0.5) is 0 Å². The molecule has 0 unspecified atom stereocenters. The predicted octanol–water partition coefficient (Wildman–Crippen LogP) is 0.747. The van der Waals surface area contributed by atoms with Gasteiger partial charge in [-0.05, 0) is 27.3 Å². The molecule has 0 fully saturated rings. The molecule has 0 aliphatic carbocycles. The lowest BCUT2D eigenvalue weighted by Gasteiger charge is -2.23. The smallest absolute Gasteiger partial charge is 0.358 e. The monoisotopic (exact) mass is 225 g/mol. The predicted molar refractivity (Wildman–Crippen MR) is 61.4 cm³/mol. The number of aromatic nitrogens is 2. The summed E-state index contributed by atoms with van der Waals surface area (Å²) in [4.78, 5) is 11.5. The van der Waals surface area contributed by atoms with Crippen molar-refractivity contribution in [1.29, 1.82) is 0 Å². The number of rotatable bonds is 4. The van der Waals surface area contributed by atoms with Crippen molar-refractivity contribution in [2.45, 2.75) is 25.8 Å². The Bertz CT molecular complexity index is 383. The summed E-state index contributed by atoms with van der Waals surface area (Å²) in [6.45, 7) is 4.14. The molecule has 1 aromatic rings. The normalized spacial score (nSPS) is 11.6. The Morgan fingerprint density at radius 1 is 1.62 bits per heavy atom. The van der Waals surface area contributed by atoms with Gasteiger partial charge in [0.25, 0.3) is 0 Å². The molecule has 5 nitrogen and oxygen atoms in total. The second kappa shape index (κ2) is 4.65. The van der Waals surface area contributed by atoms with Crippen LogP contribution in [0.3, 0.4) is 0 Å². The number of esters is 1. The third-order valence-electron chi connectivity index (χ3n) is 2.59. The van der Waals surface area contributed by atoms with Gasteiger partial charge >= 0.3 is 5.97 Å². The van der Waals surface area contributed by atoms with E-state index in [2.05, 4.69) is 24.3 Å². The van der Waals surface area contributed by atoms with Crippen LogP contribution in [0.25, 0.3) is 0 Å². The van der Waals surface area contributed by atoms with E-state index in [-0.39, 0.29) is 11.5 Å². The fourth-order valence-corrected chi connectivity index (χ4v) is 1.50. The van der Waals surface area contributed by atoms with Gasteiger partial charge in [0.2, 0.25) is 0 Å². The third kappa shape index (κ3) is 2.82. The van der Waals surface area contributed by atoms with Gasteiger partial charge in [0.1, 0.15) is 0 Å². The van der Waals surface area contributed by atoms with Gasteiger partial charge in [-0.15, -0.1) is 0 Å². The van der Waals surface area contributed by atoms with Crippen LogP contribution in [0.5, 0.6) is 0 Å². The summed E-state index contributed by atoms with van der Waals surface area (Å²) >= 11 is 0. The zero-order valence-corrected chi connectivity index (χ0v) is 10.5. The van der Waals surface area contributed by atoms with E-state index in [1.165, 1.54) is 7.11 Å². The van der Waals surface area contributed by atoms with Gasteiger partial charge in [0.05, 0.1) is 7.11 Å². The molecule has 0 aliphatic rings. The van der Waals surface area contributed by atoms with Gasteiger partial charge in [-0.25, -0.2) is 4.79 Å². The quantitative estimate of drug-likeness (QED) is 0.768. The second-order valence-electron chi connectivity index (χ2n) is 4.48. The number of methoxy groups -OCH3 is 1. The first-order valence-electron chi connectivity index (χ1n) is 5.19. The standard InChI is InChI=1S/C11H19N3O2/c1-11(2,12-3)6-8-7-14(4)13-9(8)10(15)16-5/h7,12H,6H2,1-5H3. The molecule has 16 heavy (non-hydrogen) atoms. The van der Waals surface area contributed by atoms with Crippen LogP contribution in [0.2, 0.25) is 0 Å². The summed E-state index contributed by atoms with van der Waals surface area (Å²) in [7, 11) is 5.06. The van der Waals surface area contributed by atoms with Crippen molar-refractivity contribution >= 4 is 5.97 Å². The topological polar surface area (TPSA) is 56.2 Å². The molecule has 0 bridgehead atoms. The number of carbonyl (C=O) groups is 1. The Kier molecular flexibility index (Phi) is 3.70. The molecule has 0 spiro atoms. The van der Waals surface area contributed by atoms with Crippen molar-refractivity contribution < 1.29 is 9.53 Å². The number of ether oxygens (including phenoxy) is 1. The van der Waals surface area contributed by atoms with Crippen LogP contribution in [0, 0.1) is 0 Å². The zero-order valence-electron chi connectivity index (χ0n) is 10.5. The molecule has 1 aromatic heterocycles. The van der Waals surface area contributed by atoms with E-state index in [0.717, 1.165) is 12.0 Å². The summed E-state index contributed by atoms with van der Waals surface area (Å²) in [5.41, 5.74) is 1.22. The van der Waals surface area contributed by atoms with Gasteiger partial charge < -0.3 is 10.1 Å². The van der Waals surface area contributed by atoms with E-state index in [1.807, 2.05) is 13.2 Å². The van der Waals surface area contributed by atoms with Gasteiger partial charge in [0.15, 0.2) is 5.69 Å². The van der Waals surface area contributed by atoms with E-state index >= 15 is 0 Å². The first-order chi connectivity index (χ1) is 7.39. The Hall–Kier alpha value is -1.36. The van der Waals surface area contributed by atoms with Crippen molar-refractivity contribution in [2.75, 3.05) is 14.2 Å². The fourth-order valence-electron chi connectivity index (χ4n) is 1.50. The number of nitrogens with one attached hydrogen (secondary N) is 1.